The molecule has 0 fully saturated rings. The van der Waals surface area contributed by atoms with Gasteiger partial charge in [-0.1, -0.05) is 12.1 Å². The number of aliphatic hydroxyl groups excluding tert-OH is 1. The zero-order chi connectivity index (χ0) is 10.4. The Hall–Kier alpha value is -0.670. The number of thioether (sulfide) groups is 1. The Bertz CT molecular complexity index is 256. The lowest BCUT2D eigenvalue weighted by Gasteiger charge is -2.05. The van der Waals surface area contributed by atoms with Crippen LogP contribution in [-0.2, 0) is 5.75 Å². The van der Waals surface area contributed by atoms with Crippen molar-refractivity contribution in [1.29, 1.82) is 0 Å². The summed E-state index contributed by atoms with van der Waals surface area (Å²) in [7, 11) is 1.66. The van der Waals surface area contributed by atoms with Gasteiger partial charge >= 0.3 is 0 Å². The van der Waals surface area contributed by atoms with Gasteiger partial charge in [0, 0.05) is 11.5 Å². The van der Waals surface area contributed by atoms with E-state index in [9.17, 15) is 0 Å². The molecule has 1 N–H and O–H groups in total. The quantitative estimate of drug-likeness (QED) is 0.812. The molecule has 1 aromatic carbocycles. The van der Waals surface area contributed by atoms with E-state index in [0.29, 0.717) is 0 Å². The van der Waals surface area contributed by atoms with Crippen LogP contribution >= 0.6 is 11.8 Å². The maximum absolute atomic E-state index is 9.07. The first-order valence-electron chi connectivity index (χ1n) is 4.61. The molecule has 0 unspecified atom stereocenters. The summed E-state index contributed by atoms with van der Waals surface area (Å²) in [6, 6.07) is 8.01. The summed E-state index contributed by atoms with van der Waals surface area (Å²) in [4.78, 5) is 0. The second kappa shape index (κ2) is 5.94. The van der Waals surface area contributed by atoms with Gasteiger partial charge in [-0.05, 0) is 24.6 Å². The van der Waals surface area contributed by atoms with Crippen molar-refractivity contribution in [3.8, 4) is 5.75 Å². The predicted octanol–water partition coefficient (Wildman–Crippen LogP) is 2.31. The molecule has 0 heterocycles. The third-order valence-corrected chi connectivity index (χ3v) is 3.04. The van der Waals surface area contributed by atoms with Crippen molar-refractivity contribution in [2.75, 3.05) is 12.9 Å². The van der Waals surface area contributed by atoms with E-state index in [0.717, 1.165) is 17.3 Å². The largest absolute Gasteiger partial charge is 0.497 e. The Kier molecular flexibility index (Phi) is 4.84. The predicted molar refractivity (Wildman–Crippen MR) is 60.8 cm³/mol. The molecule has 1 atom stereocenters. The van der Waals surface area contributed by atoms with Crippen LogP contribution < -0.4 is 4.74 Å². The Labute approximate surface area is 89.3 Å². The van der Waals surface area contributed by atoms with Crippen molar-refractivity contribution in [3.05, 3.63) is 29.8 Å². The SMILES string of the molecule is COc1ccc(CSC[C@H](C)O)cc1. The number of hydrogen-bond acceptors (Lipinski definition) is 3. The van der Waals surface area contributed by atoms with Crippen LogP contribution in [0.3, 0.4) is 0 Å². The highest BCUT2D eigenvalue weighted by Gasteiger charge is 1.97. The molecular weight excluding hydrogens is 196 g/mol. The summed E-state index contributed by atoms with van der Waals surface area (Å²) in [5.74, 6) is 2.61. The lowest BCUT2D eigenvalue weighted by Crippen LogP contribution is -2.02. The first-order valence-corrected chi connectivity index (χ1v) is 5.76. The number of aliphatic hydroxyl groups is 1. The molecular formula is C11H16O2S. The molecule has 0 saturated heterocycles. The maximum Gasteiger partial charge on any atom is 0.118 e. The van der Waals surface area contributed by atoms with Crippen LogP contribution in [0.2, 0.25) is 0 Å². The van der Waals surface area contributed by atoms with E-state index in [-0.39, 0.29) is 6.10 Å². The summed E-state index contributed by atoms with van der Waals surface area (Å²) >= 11 is 1.74. The molecule has 1 aromatic rings. The van der Waals surface area contributed by atoms with E-state index in [1.807, 2.05) is 24.3 Å². The fourth-order valence-electron chi connectivity index (χ4n) is 1.07. The van der Waals surface area contributed by atoms with E-state index in [4.69, 9.17) is 9.84 Å². The summed E-state index contributed by atoms with van der Waals surface area (Å²) in [6.07, 6.45) is -0.224. The van der Waals surface area contributed by atoms with E-state index in [2.05, 4.69) is 0 Å². The molecule has 14 heavy (non-hydrogen) atoms. The van der Waals surface area contributed by atoms with Crippen LogP contribution in [0.1, 0.15) is 12.5 Å². The third kappa shape index (κ3) is 4.03. The van der Waals surface area contributed by atoms with Crippen molar-refractivity contribution in [2.45, 2.75) is 18.8 Å². The highest BCUT2D eigenvalue weighted by molar-refractivity contribution is 7.98. The molecule has 3 heteroatoms. The normalized spacial score (nSPS) is 12.5. The van der Waals surface area contributed by atoms with E-state index in [1.165, 1.54) is 5.56 Å². The zero-order valence-corrected chi connectivity index (χ0v) is 9.38. The van der Waals surface area contributed by atoms with Crippen LogP contribution in [0.4, 0.5) is 0 Å². The van der Waals surface area contributed by atoms with Crippen LogP contribution in [0.25, 0.3) is 0 Å². The molecule has 0 radical (unpaired) electrons. The highest BCUT2D eigenvalue weighted by atomic mass is 32.2. The molecule has 0 spiro atoms. The van der Waals surface area contributed by atoms with E-state index >= 15 is 0 Å². The van der Waals surface area contributed by atoms with Crippen LogP contribution in [-0.4, -0.2) is 24.1 Å². The second-order valence-corrected chi connectivity index (χ2v) is 4.24. The number of methoxy groups -OCH3 is 1. The molecule has 0 aromatic heterocycles. The Morgan fingerprint density at radius 2 is 2.00 bits per heavy atom. The molecule has 78 valence electrons. The number of ether oxygens (including phenoxy) is 1. The minimum absolute atomic E-state index is 0.224. The van der Waals surface area contributed by atoms with Gasteiger partial charge in [0.1, 0.15) is 5.75 Å². The molecule has 0 aliphatic heterocycles. The number of hydrogen-bond donors (Lipinski definition) is 1. The topological polar surface area (TPSA) is 29.5 Å². The second-order valence-electron chi connectivity index (χ2n) is 3.21. The van der Waals surface area contributed by atoms with Crippen molar-refractivity contribution in [3.63, 3.8) is 0 Å². The van der Waals surface area contributed by atoms with Gasteiger partial charge in [0.15, 0.2) is 0 Å². The van der Waals surface area contributed by atoms with Gasteiger partial charge in [0.05, 0.1) is 13.2 Å². The smallest absolute Gasteiger partial charge is 0.118 e. The lowest BCUT2D eigenvalue weighted by molar-refractivity contribution is 0.220. The standard InChI is InChI=1S/C11H16O2S/c1-9(12)7-14-8-10-3-5-11(13-2)6-4-10/h3-6,9,12H,7-8H2,1-2H3/t9-/m0/s1. The average molecular weight is 212 g/mol. The minimum Gasteiger partial charge on any atom is -0.497 e. The van der Waals surface area contributed by atoms with E-state index < -0.39 is 0 Å². The first kappa shape index (κ1) is 11.4. The molecule has 0 bridgehead atoms. The molecule has 0 amide bonds. The number of benzene rings is 1. The first-order chi connectivity index (χ1) is 6.72. The zero-order valence-electron chi connectivity index (χ0n) is 8.56. The van der Waals surface area contributed by atoms with Crippen LogP contribution in [0.5, 0.6) is 5.75 Å². The van der Waals surface area contributed by atoms with Gasteiger partial charge in [-0.3, -0.25) is 0 Å². The van der Waals surface area contributed by atoms with Crippen molar-refractivity contribution in [2.24, 2.45) is 0 Å². The maximum atomic E-state index is 9.07. The summed E-state index contributed by atoms with van der Waals surface area (Å²) in [6.45, 7) is 1.81. The fraction of sp³-hybridized carbons (Fsp3) is 0.455. The van der Waals surface area contributed by atoms with Gasteiger partial charge in [-0.15, -0.1) is 0 Å². The van der Waals surface area contributed by atoms with Crippen molar-refractivity contribution >= 4 is 11.8 Å². The Morgan fingerprint density at radius 3 is 2.50 bits per heavy atom. The minimum atomic E-state index is -0.224. The summed E-state index contributed by atoms with van der Waals surface area (Å²) in [5.41, 5.74) is 1.26. The highest BCUT2D eigenvalue weighted by Crippen LogP contribution is 2.16. The van der Waals surface area contributed by atoms with Crippen LogP contribution in [0.15, 0.2) is 24.3 Å². The van der Waals surface area contributed by atoms with Gasteiger partial charge in [-0.25, -0.2) is 0 Å². The van der Waals surface area contributed by atoms with Gasteiger partial charge in [0.25, 0.3) is 0 Å². The molecule has 1 rings (SSSR count). The fourth-order valence-corrected chi connectivity index (χ4v) is 1.96. The lowest BCUT2D eigenvalue weighted by atomic mass is 10.2. The van der Waals surface area contributed by atoms with Crippen molar-refractivity contribution < 1.29 is 9.84 Å². The number of rotatable bonds is 5. The van der Waals surface area contributed by atoms with Gasteiger partial charge < -0.3 is 9.84 Å². The molecule has 0 aliphatic carbocycles. The summed E-state index contributed by atoms with van der Waals surface area (Å²) < 4.78 is 5.07. The molecule has 2 nitrogen and oxygen atoms in total. The monoisotopic (exact) mass is 212 g/mol. The van der Waals surface area contributed by atoms with Crippen LogP contribution in [0, 0.1) is 0 Å². The third-order valence-electron chi connectivity index (χ3n) is 1.79. The average Bonchev–Trinajstić information content (AvgIpc) is 2.18. The van der Waals surface area contributed by atoms with Crippen molar-refractivity contribution in [1.82, 2.24) is 0 Å². The van der Waals surface area contributed by atoms with Gasteiger partial charge in [-0.2, -0.15) is 11.8 Å². The molecule has 0 saturated carbocycles. The Balaban J connectivity index is 2.36. The van der Waals surface area contributed by atoms with Gasteiger partial charge in [0.2, 0.25) is 0 Å². The Morgan fingerprint density at radius 1 is 1.36 bits per heavy atom. The molecule has 0 aliphatic rings. The summed E-state index contributed by atoms with van der Waals surface area (Å²) in [5, 5.41) is 9.07. The van der Waals surface area contributed by atoms with E-state index in [1.54, 1.807) is 25.8 Å².